The van der Waals surface area contributed by atoms with E-state index in [1.807, 2.05) is 58.9 Å². The molecule has 3 aromatic heterocycles. The number of fused-ring (bicyclic) bond motifs is 2. The first-order valence-corrected chi connectivity index (χ1v) is 12.4. The van der Waals surface area contributed by atoms with E-state index in [9.17, 15) is 9.59 Å². The molecule has 0 bridgehead atoms. The van der Waals surface area contributed by atoms with Gasteiger partial charge in [-0.1, -0.05) is 18.2 Å². The monoisotopic (exact) mass is 484 g/mol. The number of morpholine rings is 1. The van der Waals surface area contributed by atoms with Crippen LogP contribution in [0.5, 0.6) is 0 Å². The van der Waals surface area contributed by atoms with Crippen LogP contribution in [0.3, 0.4) is 0 Å². The van der Waals surface area contributed by atoms with Gasteiger partial charge in [0, 0.05) is 60.9 Å². The summed E-state index contributed by atoms with van der Waals surface area (Å²) in [5, 5.41) is 9.04. The van der Waals surface area contributed by atoms with Gasteiger partial charge in [-0.2, -0.15) is 5.10 Å². The number of amides is 2. The highest BCUT2D eigenvalue weighted by Crippen LogP contribution is 2.37. The normalized spacial score (nSPS) is 17.0. The zero-order valence-electron chi connectivity index (χ0n) is 20.2. The van der Waals surface area contributed by atoms with Crippen LogP contribution in [0.25, 0.3) is 33.1 Å². The molecule has 1 aromatic carbocycles. The lowest BCUT2D eigenvalue weighted by Gasteiger charge is -2.26. The molecular weight excluding hydrogens is 456 g/mol. The fourth-order valence-electron chi connectivity index (χ4n) is 5.25. The summed E-state index contributed by atoms with van der Waals surface area (Å²) in [4.78, 5) is 33.2. The van der Waals surface area contributed by atoms with Gasteiger partial charge in [0.15, 0.2) is 5.65 Å². The minimum atomic E-state index is -0.425. The first-order chi connectivity index (χ1) is 17.6. The molecule has 2 aliphatic heterocycles. The first kappa shape index (κ1) is 22.6. The Balaban J connectivity index is 1.38. The van der Waals surface area contributed by atoms with E-state index in [0.29, 0.717) is 23.4 Å². The number of aromatic nitrogens is 4. The summed E-state index contributed by atoms with van der Waals surface area (Å²) in [6.07, 6.45) is 5.61. The minimum absolute atomic E-state index is 0.307. The largest absolute Gasteiger partial charge is 0.379 e. The number of benzene rings is 1. The Bertz CT molecular complexity index is 1510. The number of nitrogens with one attached hydrogen (secondary N) is 1. The predicted molar refractivity (Wildman–Crippen MR) is 137 cm³/mol. The maximum absolute atomic E-state index is 13.1. The van der Waals surface area contributed by atoms with E-state index < -0.39 is 11.8 Å². The van der Waals surface area contributed by atoms with Crippen LogP contribution in [0.1, 0.15) is 24.1 Å². The Hall–Kier alpha value is -3.82. The fraction of sp³-hybridized carbons (Fsp3) is 0.333. The number of hydrogen-bond acceptors (Lipinski definition) is 6. The third kappa shape index (κ3) is 3.90. The molecule has 5 heterocycles. The Morgan fingerprint density at radius 2 is 1.69 bits per heavy atom. The number of para-hydroxylation sites is 1. The zero-order chi connectivity index (χ0) is 24.6. The Labute approximate surface area is 208 Å². The molecule has 0 aliphatic carbocycles. The number of imide groups is 1. The number of hydrogen-bond donors (Lipinski definition) is 1. The molecule has 1 saturated heterocycles. The molecule has 9 heteroatoms. The van der Waals surface area contributed by atoms with Crippen molar-refractivity contribution in [3.05, 3.63) is 60.0 Å². The van der Waals surface area contributed by atoms with Gasteiger partial charge >= 0.3 is 0 Å². The van der Waals surface area contributed by atoms with Gasteiger partial charge in [0.1, 0.15) is 5.69 Å². The number of ether oxygens (including phenoxy) is 1. The van der Waals surface area contributed by atoms with Crippen LogP contribution in [0.4, 0.5) is 0 Å². The van der Waals surface area contributed by atoms with Crippen LogP contribution < -0.4 is 5.32 Å². The van der Waals surface area contributed by atoms with E-state index in [1.165, 1.54) is 0 Å². The maximum Gasteiger partial charge on any atom is 0.261 e. The van der Waals surface area contributed by atoms with Crippen LogP contribution in [0, 0.1) is 0 Å². The lowest BCUT2D eigenvalue weighted by Crippen LogP contribution is -2.36. The summed E-state index contributed by atoms with van der Waals surface area (Å²) in [6.45, 7) is 5.26. The van der Waals surface area contributed by atoms with Crippen molar-refractivity contribution in [2.45, 2.75) is 19.4 Å². The molecule has 9 nitrogen and oxygen atoms in total. The lowest BCUT2D eigenvalue weighted by atomic mass is 9.98. The number of nitrogens with zero attached hydrogens (tertiary/aromatic N) is 5. The van der Waals surface area contributed by atoms with Gasteiger partial charge in [-0.3, -0.25) is 19.8 Å². The average Bonchev–Trinajstić information content (AvgIpc) is 3.53. The second-order valence-electron chi connectivity index (χ2n) is 9.31. The van der Waals surface area contributed by atoms with Gasteiger partial charge in [0.25, 0.3) is 11.8 Å². The lowest BCUT2D eigenvalue weighted by molar-refractivity contribution is -0.122. The molecule has 0 radical (unpaired) electrons. The summed E-state index contributed by atoms with van der Waals surface area (Å²) >= 11 is 0. The van der Waals surface area contributed by atoms with Crippen LogP contribution in [0.15, 0.2) is 48.8 Å². The Morgan fingerprint density at radius 1 is 0.944 bits per heavy atom. The smallest absolute Gasteiger partial charge is 0.261 e. The van der Waals surface area contributed by atoms with E-state index in [1.54, 1.807) is 6.20 Å². The van der Waals surface area contributed by atoms with Gasteiger partial charge in [-0.15, -0.1) is 0 Å². The van der Waals surface area contributed by atoms with E-state index >= 15 is 0 Å². The number of aryl methyl sites for hydroxylation is 2. The van der Waals surface area contributed by atoms with Gasteiger partial charge in [-0.05, 0) is 37.6 Å². The number of carbonyl (C=O) groups is 2. The molecular formula is C27H28N6O3. The van der Waals surface area contributed by atoms with E-state index in [0.717, 1.165) is 73.2 Å². The van der Waals surface area contributed by atoms with Crippen molar-refractivity contribution in [1.82, 2.24) is 29.5 Å². The van der Waals surface area contributed by atoms with Gasteiger partial charge in [-0.25, -0.2) is 9.67 Å². The van der Waals surface area contributed by atoms with Crippen molar-refractivity contribution in [3.63, 3.8) is 0 Å². The molecule has 2 amide bonds. The van der Waals surface area contributed by atoms with Crippen molar-refractivity contribution >= 4 is 44.9 Å². The number of carbonyl (C=O) groups excluding carboxylic acids is 2. The maximum atomic E-state index is 13.1. The number of unbranched alkanes of at least 4 members (excludes halogenated alkanes) is 1. The summed E-state index contributed by atoms with van der Waals surface area (Å²) in [5.74, 6) is -0.825. The highest BCUT2D eigenvalue weighted by Gasteiger charge is 2.36. The third-order valence-corrected chi connectivity index (χ3v) is 7.04. The minimum Gasteiger partial charge on any atom is -0.379 e. The number of pyridine rings is 1. The molecule has 36 heavy (non-hydrogen) atoms. The predicted octanol–water partition coefficient (Wildman–Crippen LogP) is 2.60. The fourth-order valence-corrected chi connectivity index (χ4v) is 5.25. The molecule has 2 aliphatic rings. The molecule has 0 unspecified atom stereocenters. The van der Waals surface area contributed by atoms with E-state index in [4.69, 9.17) is 9.84 Å². The second-order valence-corrected chi connectivity index (χ2v) is 9.31. The first-order valence-electron chi connectivity index (χ1n) is 12.4. The number of rotatable bonds is 7. The Morgan fingerprint density at radius 3 is 2.56 bits per heavy atom. The summed E-state index contributed by atoms with van der Waals surface area (Å²) in [7, 11) is 1.94. The van der Waals surface area contributed by atoms with Crippen molar-refractivity contribution in [3.8, 4) is 0 Å². The van der Waals surface area contributed by atoms with Crippen LogP contribution in [-0.2, 0) is 27.9 Å². The Kier molecular flexibility index (Phi) is 5.86. The molecule has 4 aromatic rings. The van der Waals surface area contributed by atoms with E-state index in [-0.39, 0.29) is 0 Å². The average molecular weight is 485 g/mol. The van der Waals surface area contributed by atoms with Crippen molar-refractivity contribution in [2.75, 3.05) is 32.8 Å². The quantitative estimate of drug-likeness (QED) is 0.320. The standard InChI is InChI=1S/C27H28N6O3/c1-31-17-20(18-7-2-3-9-21(18)31)22-23(27(35)29-26(22)34)24-19-8-6-10-28-25(19)33(30-24)12-5-4-11-32-13-15-36-16-14-32/h2-3,6-10,17H,4-5,11-16H2,1H3,(H,29,34,35). The summed E-state index contributed by atoms with van der Waals surface area (Å²) in [6, 6.07) is 11.6. The van der Waals surface area contributed by atoms with Gasteiger partial charge in [0.2, 0.25) is 0 Å². The van der Waals surface area contributed by atoms with Crippen LogP contribution >= 0.6 is 0 Å². The van der Waals surface area contributed by atoms with Gasteiger partial charge in [0.05, 0.1) is 24.4 Å². The second kappa shape index (κ2) is 9.33. The van der Waals surface area contributed by atoms with E-state index in [2.05, 4.69) is 15.2 Å². The van der Waals surface area contributed by atoms with Crippen molar-refractivity contribution in [1.29, 1.82) is 0 Å². The van der Waals surface area contributed by atoms with Crippen molar-refractivity contribution in [2.24, 2.45) is 7.05 Å². The van der Waals surface area contributed by atoms with Crippen LogP contribution in [-0.4, -0.2) is 68.9 Å². The topological polar surface area (TPSA) is 94.3 Å². The van der Waals surface area contributed by atoms with Crippen LogP contribution in [0.2, 0.25) is 0 Å². The van der Waals surface area contributed by atoms with Crippen molar-refractivity contribution < 1.29 is 14.3 Å². The highest BCUT2D eigenvalue weighted by atomic mass is 16.5. The molecule has 1 N–H and O–H groups in total. The zero-order valence-corrected chi connectivity index (χ0v) is 20.2. The molecule has 1 fully saturated rings. The molecule has 184 valence electrons. The third-order valence-electron chi connectivity index (χ3n) is 7.04. The molecule has 0 spiro atoms. The molecule has 0 saturated carbocycles. The highest BCUT2D eigenvalue weighted by molar-refractivity contribution is 6.50. The molecule has 0 atom stereocenters. The molecule has 6 rings (SSSR count). The summed E-state index contributed by atoms with van der Waals surface area (Å²) in [5.41, 5.74) is 3.60. The SMILES string of the molecule is Cn1cc(C2=C(c3nn(CCCCN4CCOCC4)c4ncccc34)C(=O)NC2=O)c2ccccc21. The van der Waals surface area contributed by atoms with Gasteiger partial charge < -0.3 is 9.30 Å². The summed E-state index contributed by atoms with van der Waals surface area (Å²) < 4.78 is 9.27.